The second-order valence-corrected chi connectivity index (χ2v) is 3.35. The molecule has 0 atom stereocenters. The Morgan fingerprint density at radius 1 is 1.13 bits per heavy atom. The van der Waals surface area contributed by atoms with E-state index >= 15 is 0 Å². The van der Waals surface area contributed by atoms with Crippen molar-refractivity contribution in [2.45, 2.75) is 20.6 Å². The molecule has 0 unspecified atom stereocenters. The molecule has 1 nitrogen and oxygen atoms in total. The lowest BCUT2D eigenvalue weighted by molar-refractivity contribution is 1.22. The van der Waals surface area contributed by atoms with E-state index in [0.29, 0.717) is 16.8 Å². The van der Waals surface area contributed by atoms with E-state index in [1.54, 1.807) is 19.1 Å². The first-order valence-corrected chi connectivity index (χ1v) is 4.59. The van der Waals surface area contributed by atoms with Crippen molar-refractivity contribution in [2.75, 3.05) is 0 Å². The highest BCUT2D eigenvalue weighted by Gasteiger charge is 2.00. The Kier molecular flexibility index (Phi) is 1.15. The second-order valence-electron chi connectivity index (χ2n) is 3.35. The van der Waals surface area contributed by atoms with E-state index in [4.69, 9.17) is 9.60 Å². The van der Waals surface area contributed by atoms with Crippen molar-refractivity contribution >= 4 is 0 Å². The molecule has 0 spiro atoms. The number of nitrogens with zero attached hydrogens (tertiary/aromatic N) is 1. The summed E-state index contributed by atoms with van der Waals surface area (Å²) in [6, 6.07) is 6.13. The molecule has 0 radical (unpaired) electrons. The number of pyridine rings is 1. The number of benzene rings is 1. The molecule has 76 valence electrons. The third-order valence-electron chi connectivity index (χ3n) is 2.19. The van der Waals surface area contributed by atoms with Gasteiger partial charge in [0, 0.05) is 20.0 Å². The van der Waals surface area contributed by atoms with Gasteiger partial charge in [-0.3, -0.25) is 4.98 Å². The van der Waals surface area contributed by atoms with Gasteiger partial charge < -0.3 is 0 Å². The highest BCUT2D eigenvalue weighted by Crippen LogP contribution is 2.19. The molecule has 0 bridgehead atoms. The minimum atomic E-state index is -2.31. The summed E-state index contributed by atoms with van der Waals surface area (Å²) in [5, 5.41) is 0. The lowest BCUT2D eigenvalue weighted by Gasteiger charge is -2.04. The smallest absolute Gasteiger partial charge is 0.0704 e. The number of hydrogen-bond acceptors (Lipinski definition) is 1. The van der Waals surface area contributed by atoms with E-state index in [0.717, 1.165) is 0 Å². The van der Waals surface area contributed by atoms with Crippen molar-refractivity contribution in [3.05, 3.63) is 53.2 Å². The summed E-state index contributed by atoms with van der Waals surface area (Å²) in [7, 11) is 0. The Bertz CT molecular complexity index is 684. The van der Waals surface area contributed by atoms with Crippen LogP contribution < -0.4 is 0 Å². The van der Waals surface area contributed by atoms with Crippen LogP contribution in [0.1, 0.15) is 26.3 Å². The normalized spacial score (nSPS) is 18.9. The maximum Gasteiger partial charge on any atom is 0.0704 e. The zero-order valence-electron chi connectivity index (χ0n) is 15.3. The van der Waals surface area contributed by atoms with Crippen LogP contribution in [0.25, 0.3) is 11.3 Å². The van der Waals surface area contributed by atoms with Crippen LogP contribution in [-0.2, 0) is 0 Å². The molecular formula is C14H15N. The summed E-state index contributed by atoms with van der Waals surface area (Å²) >= 11 is 0. The lowest BCUT2D eigenvalue weighted by atomic mass is 10.1. The van der Waals surface area contributed by atoms with Crippen molar-refractivity contribution in [2.24, 2.45) is 0 Å². The molecule has 0 amide bonds. The monoisotopic (exact) mass is 204 g/mol. The van der Waals surface area contributed by atoms with Crippen LogP contribution in [0, 0.1) is 20.6 Å². The number of aromatic nitrogens is 1. The number of hydrogen-bond donors (Lipinski definition) is 0. The van der Waals surface area contributed by atoms with Crippen molar-refractivity contribution in [1.82, 2.24) is 4.98 Å². The van der Waals surface area contributed by atoms with Crippen LogP contribution in [0.4, 0.5) is 0 Å². The Balaban J connectivity index is 2.48. The van der Waals surface area contributed by atoms with Crippen LogP contribution >= 0.6 is 0 Å². The van der Waals surface area contributed by atoms with Crippen molar-refractivity contribution in [3.8, 4) is 11.3 Å². The largest absolute Gasteiger partial charge is 0.256 e. The van der Waals surface area contributed by atoms with Gasteiger partial charge in [-0.25, -0.2) is 0 Å². The predicted molar refractivity (Wildman–Crippen MR) is 63.9 cm³/mol. The highest BCUT2D eigenvalue weighted by atomic mass is 14.7. The van der Waals surface area contributed by atoms with Crippen LogP contribution in [0.5, 0.6) is 0 Å². The topological polar surface area (TPSA) is 12.9 Å². The predicted octanol–water partition coefficient (Wildman–Crippen LogP) is 3.67. The van der Waals surface area contributed by atoms with Gasteiger partial charge in [0.15, 0.2) is 0 Å². The van der Waals surface area contributed by atoms with Crippen molar-refractivity contribution in [1.29, 1.82) is 0 Å². The van der Waals surface area contributed by atoms with Crippen molar-refractivity contribution < 1.29 is 9.60 Å². The van der Waals surface area contributed by atoms with Gasteiger partial charge in [0.2, 0.25) is 0 Å². The Labute approximate surface area is 101 Å². The first-order chi connectivity index (χ1) is 10.0. The minimum absolute atomic E-state index is 0.0373. The fraction of sp³-hybridized carbons (Fsp3) is 0.214. The second kappa shape index (κ2) is 3.85. The van der Waals surface area contributed by atoms with E-state index in [1.807, 2.05) is 0 Å². The van der Waals surface area contributed by atoms with E-state index in [1.165, 1.54) is 18.3 Å². The SMILES string of the molecule is [2H]c1c(-c2ccc(C([2H])([2H])[2H])cc2)ncc(C([2H])([2H])[2H])c1C. The van der Waals surface area contributed by atoms with Gasteiger partial charge >= 0.3 is 0 Å². The maximum absolute atomic E-state index is 8.11. The zero-order valence-corrected chi connectivity index (χ0v) is 8.33. The molecule has 0 aliphatic heterocycles. The van der Waals surface area contributed by atoms with Gasteiger partial charge in [-0.15, -0.1) is 0 Å². The molecule has 0 saturated heterocycles. The summed E-state index contributed by atoms with van der Waals surface area (Å²) in [4.78, 5) is 4.08. The van der Waals surface area contributed by atoms with E-state index in [9.17, 15) is 0 Å². The van der Waals surface area contributed by atoms with Gasteiger partial charge in [0.1, 0.15) is 0 Å². The summed E-state index contributed by atoms with van der Waals surface area (Å²) in [6.45, 7) is -2.92. The molecule has 2 rings (SSSR count). The van der Waals surface area contributed by atoms with E-state index < -0.39 is 13.7 Å². The molecule has 0 fully saturated rings. The van der Waals surface area contributed by atoms with Crippen molar-refractivity contribution in [3.63, 3.8) is 0 Å². The number of aryl methyl sites for hydroxylation is 2. The molecule has 0 aliphatic rings. The van der Waals surface area contributed by atoms with Gasteiger partial charge in [0.25, 0.3) is 0 Å². The summed E-state index contributed by atoms with van der Waals surface area (Å²) in [5.41, 5.74) is 1.53. The minimum Gasteiger partial charge on any atom is -0.256 e. The van der Waals surface area contributed by atoms with E-state index in [2.05, 4.69) is 4.98 Å². The molecule has 1 heterocycles. The standard InChI is InChI=1S/C14H15N/c1-10-4-6-13(7-5-10)14-8-11(2)12(3)9-15-14/h4-9H,1-3H3/i1D3,3D3,8D. The quantitative estimate of drug-likeness (QED) is 0.690. The third-order valence-corrected chi connectivity index (χ3v) is 2.19. The average molecular weight is 204 g/mol. The van der Waals surface area contributed by atoms with Gasteiger partial charge in [0.05, 0.1) is 7.06 Å². The molecule has 1 aromatic carbocycles. The highest BCUT2D eigenvalue weighted by molar-refractivity contribution is 5.60. The van der Waals surface area contributed by atoms with Crippen LogP contribution in [-0.4, -0.2) is 4.98 Å². The fourth-order valence-corrected chi connectivity index (χ4v) is 1.28. The Morgan fingerprint density at radius 3 is 2.60 bits per heavy atom. The van der Waals surface area contributed by atoms with Crippen LogP contribution in [0.15, 0.2) is 36.5 Å². The summed E-state index contributed by atoms with van der Waals surface area (Å²) in [6.07, 6.45) is 1.26. The molecule has 1 heteroatoms. The molecule has 0 saturated carbocycles. The Hall–Kier alpha value is -1.63. The average Bonchev–Trinajstić information content (AvgIpc) is 2.39. The Morgan fingerprint density at radius 2 is 1.93 bits per heavy atom. The summed E-state index contributed by atoms with van der Waals surface area (Å²) < 4.78 is 52.4. The molecule has 0 N–H and O–H groups in total. The maximum atomic E-state index is 8.11. The van der Waals surface area contributed by atoms with E-state index in [-0.39, 0.29) is 17.2 Å². The van der Waals surface area contributed by atoms with Gasteiger partial charge in [-0.05, 0) is 37.8 Å². The van der Waals surface area contributed by atoms with Crippen LogP contribution in [0.3, 0.4) is 0 Å². The van der Waals surface area contributed by atoms with Gasteiger partial charge in [-0.2, -0.15) is 0 Å². The molecule has 1 aromatic heterocycles. The molecule has 2 aromatic rings. The first kappa shape index (κ1) is 4.48. The summed E-state index contributed by atoms with van der Waals surface area (Å²) in [5.74, 6) is 0. The number of rotatable bonds is 1. The third kappa shape index (κ3) is 2.07. The van der Waals surface area contributed by atoms with Gasteiger partial charge in [-0.1, -0.05) is 29.8 Å². The first-order valence-electron chi connectivity index (χ1n) is 8.09. The zero-order chi connectivity index (χ0) is 16.7. The van der Waals surface area contributed by atoms with Crippen LogP contribution in [0.2, 0.25) is 0 Å². The molecule has 15 heavy (non-hydrogen) atoms. The fourth-order valence-electron chi connectivity index (χ4n) is 1.28. The molecule has 0 aliphatic carbocycles. The molecular weight excluding hydrogens is 182 g/mol. The lowest BCUT2D eigenvalue weighted by Crippen LogP contribution is -1.88.